The van der Waals surface area contributed by atoms with Gasteiger partial charge in [-0.2, -0.15) is 0 Å². The van der Waals surface area contributed by atoms with Crippen LogP contribution in [0.25, 0.3) is 0 Å². The van der Waals surface area contributed by atoms with Crippen LogP contribution in [0.4, 0.5) is 0 Å². The average molecular weight is 355 g/mol. The van der Waals surface area contributed by atoms with E-state index >= 15 is 0 Å². The number of fused-ring (bicyclic) bond motifs is 1. The normalized spacial score (nSPS) is 21.3. The minimum Gasteiger partial charge on any atom is -0.454 e. The molecule has 2 aliphatic rings. The van der Waals surface area contributed by atoms with Gasteiger partial charge < -0.3 is 14.8 Å². The summed E-state index contributed by atoms with van der Waals surface area (Å²) >= 11 is 3.74. The van der Waals surface area contributed by atoms with Crippen LogP contribution < -0.4 is 14.8 Å². The maximum absolute atomic E-state index is 5.57. The fourth-order valence-corrected chi connectivity index (χ4v) is 3.76. The van der Waals surface area contributed by atoms with Crippen molar-refractivity contribution in [2.75, 3.05) is 33.0 Å². The number of halogens is 1. The first-order chi connectivity index (χ1) is 10.2. The molecule has 0 aliphatic carbocycles. The number of nitrogens with zero attached hydrogens (tertiary/aromatic N) is 1. The fourth-order valence-electron chi connectivity index (χ4n) is 3.21. The number of benzene rings is 1. The molecular formula is C16H23BrN2O2. The van der Waals surface area contributed by atoms with Crippen LogP contribution in [0.15, 0.2) is 16.6 Å². The Labute approximate surface area is 134 Å². The van der Waals surface area contributed by atoms with Gasteiger partial charge in [0.15, 0.2) is 11.5 Å². The topological polar surface area (TPSA) is 33.7 Å². The number of rotatable bonds is 4. The lowest BCUT2D eigenvalue weighted by molar-refractivity contribution is 0.128. The van der Waals surface area contributed by atoms with Crippen LogP contribution in [-0.2, 0) is 0 Å². The first kappa shape index (κ1) is 15.1. The summed E-state index contributed by atoms with van der Waals surface area (Å²) in [5, 5.41) is 3.44. The molecule has 5 heteroatoms. The molecule has 0 radical (unpaired) electrons. The maximum Gasteiger partial charge on any atom is 0.231 e. The third kappa shape index (κ3) is 3.05. The lowest BCUT2D eigenvalue weighted by Crippen LogP contribution is -2.46. The molecule has 3 rings (SSSR count). The van der Waals surface area contributed by atoms with Gasteiger partial charge in [0.1, 0.15) is 0 Å². The highest BCUT2D eigenvalue weighted by molar-refractivity contribution is 9.10. The molecule has 21 heavy (non-hydrogen) atoms. The SMILES string of the molecule is CCC(C)[C@@H](c1cc2c(cc1Br)OCO2)N1CCNCC1. The Morgan fingerprint density at radius 3 is 2.57 bits per heavy atom. The molecule has 1 aromatic carbocycles. The number of hydrogen-bond donors (Lipinski definition) is 1. The van der Waals surface area contributed by atoms with Crippen LogP contribution in [0.5, 0.6) is 11.5 Å². The number of hydrogen-bond acceptors (Lipinski definition) is 4. The van der Waals surface area contributed by atoms with Gasteiger partial charge in [-0.1, -0.05) is 36.2 Å². The molecule has 2 heterocycles. The number of ether oxygens (including phenoxy) is 2. The van der Waals surface area contributed by atoms with Crippen molar-refractivity contribution in [3.8, 4) is 11.5 Å². The molecule has 1 unspecified atom stereocenters. The first-order valence-corrected chi connectivity index (χ1v) is 8.53. The molecule has 0 saturated carbocycles. The van der Waals surface area contributed by atoms with E-state index in [2.05, 4.69) is 52.1 Å². The summed E-state index contributed by atoms with van der Waals surface area (Å²) in [6, 6.07) is 4.63. The second-order valence-corrected chi connectivity index (χ2v) is 6.70. The summed E-state index contributed by atoms with van der Waals surface area (Å²) in [5.74, 6) is 2.31. The highest BCUT2D eigenvalue weighted by atomic mass is 79.9. The molecule has 2 aliphatic heterocycles. The monoisotopic (exact) mass is 354 g/mol. The molecule has 0 spiro atoms. The Morgan fingerprint density at radius 2 is 1.90 bits per heavy atom. The Kier molecular flexibility index (Phi) is 4.72. The molecular weight excluding hydrogens is 332 g/mol. The van der Waals surface area contributed by atoms with Crippen LogP contribution in [0.1, 0.15) is 31.9 Å². The molecule has 2 atom stereocenters. The van der Waals surface area contributed by atoms with Gasteiger partial charge in [-0.3, -0.25) is 4.90 Å². The van der Waals surface area contributed by atoms with Gasteiger partial charge in [0, 0.05) is 36.7 Å². The average Bonchev–Trinajstić information content (AvgIpc) is 2.95. The second kappa shape index (κ2) is 6.55. The van der Waals surface area contributed by atoms with E-state index in [0.29, 0.717) is 18.8 Å². The van der Waals surface area contributed by atoms with Crippen LogP contribution in [0, 0.1) is 5.92 Å². The summed E-state index contributed by atoms with van der Waals surface area (Å²) in [6.07, 6.45) is 1.16. The van der Waals surface area contributed by atoms with Gasteiger partial charge in [0.05, 0.1) is 0 Å². The van der Waals surface area contributed by atoms with Crippen LogP contribution in [-0.4, -0.2) is 37.9 Å². The van der Waals surface area contributed by atoms with E-state index in [1.165, 1.54) is 5.56 Å². The third-order valence-corrected chi connectivity index (χ3v) is 5.23. The summed E-state index contributed by atoms with van der Waals surface area (Å²) in [5.41, 5.74) is 1.32. The highest BCUT2D eigenvalue weighted by Crippen LogP contribution is 2.43. The second-order valence-electron chi connectivity index (χ2n) is 5.84. The van der Waals surface area contributed by atoms with Gasteiger partial charge in [0.25, 0.3) is 0 Å². The molecule has 116 valence electrons. The zero-order valence-electron chi connectivity index (χ0n) is 12.7. The van der Waals surface area contributed by atoms with Crippen molar-refractivity contribution >= 4 is 15.9 Å². The molecule has 0 amide bonds. The van der Waals surface area contributed by atoms with Gasteiger partial charge in [-0.05, 0) is 23.6 Å². The quantitative estimate of drug-likeness (QED) is 0.900. The smallest absolute Gasteiger partial charge is 0.231 e. The van der Waals surface area contributed by atoms with Crippen molar-refractivity contribution in [2.45, 2.75) is 26.3 Å². The molecule has 1 aromatic rings. The van der Waals surface area contributed by atoms with Crippen molar-refractivity contribution in [3.63, 3.8) is 0 Å². The predicted molar refractivity (Wildman–Crippen MR) is 86.9 cm³/mol. The largest absolute Gasteiger partial charge is 0.454 e. The highest BCUT2D eigenvalue weighted by Gasteiger charge is 2.30. The van der Waals surface area contributed by atoms with Gasteiger partial charge >= 0.3 is 0 Å². The lowest BCUT2D eigenvalue weighted by Gasteiger charge is -2.39. The van der Waals surface area contributed by atoms with E-state index in [1.807, 2.05) is 0 Å². The Hall–Kier alpha value is -0.780. The fraction of sp³-hybridized carbons (Fsp3) is 0.625. The van der Waals surface area contributed by atoms with E-state index in [1.54, 1.807) is 0 Å². The Bertz CT molecular complexity index is 503. The lowest BCUT2D eigenvalue weighted by atomic mass is 9.90. The Morgan fingerprint density at radius 1 is 1.24 bits per heavy atom. The molecule has 4 nitrogen and oxygen atoms in total. The van der Waals surface area contributed by atoms with E-state index < -0.39 is 0 Å². The minimum atomic E-state index is 0.326. The first-order valence-electron chi connectivity index (χ1n) is 7.74. The summed E-state index contributed by atoms with van der Waals surface area (Å²) in [4.78, 5) is 2.59. The number of piperazine rings is 1. The maximum atomic E-state index is 5.57. The molecule has 1 N–H and O–H groups in total. The van der Waals surface area contributed by atoms with Crippen LogP contribution in [0.2, 0.25) is 0 Å². The third-order valence-electron chi connectivity index (χ3n) is 4.54. The standard InChI is InChI=1S/C16H23BrN2O2/c1-3-11(2)16(19-6-4-18-5-7-19)12-8-14-15(9-13(12)17)21-10-20-14/h8-9,11,16,18H,3-7,10H2,1-2H3/t11?,16-/m0/s1. The summed E-state index contributed by atoms with van der Waals surface area (Å²) in [6.45, 7) is 9.24. The zero-order valence-corrected chi connectivity index (χ0v) is 14.3. The van der Waals surface area contributed by atoms with Crippen molar-refractivity contribution < 1.29 is 9.47 Å². The van der Waals surface area contributed by atoms with E-state index in [0.717, 1.165) is 48.6 Å². The Balaban J connectivity index is 1.95. The zero-order chi connectivity index (χ0) is 14.8. The molecule has 0 bridgehead atoms. The predicted octanol–water partition coefficient (Wildman–Crippen LogP) is 3.17. The van der Waals surface area contributed by atoms with Crippen LogP contribution in [0.3, 0.4) is 0 Å². The molecule has 1 fully saturated rings. The van der Waals surface area contributed by atoms with Crippen LogP contribution >= 0.6 is 15.9 Å². The van der Waals surface area contributed by atoms with Crippen molar-refractivity contribution in [2.24, 2.45) is 5.92 Å². The molecule has 1 saturated heterocycles. The summed E-state index contributed by atoms with van der Waals surface area (Å²) in [7, 11) is 0. The minimum absolute atomic E-state index is 0.326. The van der Waals surface area contributed by atoms with Crippen molar-refractivity contribution in [3.05, 3.63) is 22.2 Å². The summed E-state index contributed by atoms with van der Waals surface area (Å²) < 4.78 is 12.2. The van der Waals surface area contributed by atoms with E-state index in [9.17, 15) is 0 Å². The van der Waals surface area contributed by atoms with Crippen molar-refractivity contribution in [1.29, 1.82) is 0 Å². The van der Waals surface area contributed by atoms with Gasteiger partial charge in [-0.15, -0.1) is 0 Å². The van der Waals surface area contributed by atoms with E-state index in [4.69, 9.17) is 9.47 Å². The van der Waals surface area contributed by atoms with Crippen molar-refractivity contribution in [1.82, 2.24) is 10.2 Å². The van der Waals surface area contributed by atoms with Gasteiger partial charge in [-0.25, -0.2) is 0 Å². The molecule has 0 aromatic heterocycles. The van der Waals surface area contributed by atoms with Gasteiger partial charge in [0.2, 0.25) is 6.79 Å². The number of nitrogens with one attached hydrogen (secondary N) is 1. The van der Waals surface area contributed by atoms with E-state index in [-0.39, 0.29) is 0 Å².